The average Bonchev–Trinajstić information content (AvgIpc) is 3.17. The number of fused-ring (bicyclic) bond motifs is 6. The van der Waals surface area contributed by atoms with Gasteiger partial charge in [0.2, 0.25) is 16.6 Å². The molecule has 256 valence electrons. The highest BCUT2D eigenvalue weighted by Crippen LogP contribution is 2.57. The zero-order valence-electron chi connectivity index (χ0n) is 28.8. The summed E-state index contributed by atoms with van der Waals surface area (Å²) in [6.45, 7) is 4.49. The Bertz CT molecular complexity index is 2160. The average molecular weight is 743 g/mol. The lowest BCUT2D eigenvalue weighted by Gasteiger charge is -2.41. The van der Waals surface area contributed by atoms with Gasteiger partial charge in [-0.3, -0.25) is 9.13 Å². The highest BCUT2D eigenvalue weighted by molar-refractivity contribution is 7.68. The summed E-state index contributed by atoms with van der Waals surface area (Å²) in [5, 5.41) is 3.80. The molecule has 51 heavy (non-hydrogen) atoms. The molecule has 0 amide bonds. The van der Waals surface area contributed by atoms with Gasteiger partial charge in [-0.25, -0.2) is 0 Å². The van der Waals surface area contributed by atoms with Crippen LogP contribution in [0.1, 0.15) is 0 Å². The van der Waals surface area contributed by atoms with Crippen molar-refractivity contribution >= 4 is 52.4 Å². The lowest BCUT2D eigenvalue weighted by Crippen LogP contribution is -2.61. The minimum atomic E-state index is -3.30. The van der Waals surface area contributed by atoms with Crippen molar-refractivity contribution in [2.24, 2.45) is 0 Å². The molecule has 8 rings (SSSR count). The van der Waals surface area contributed by atoms with Crippen LogP contribution in [0.4, 0.5) is 0 Å². The largest absolute Gasteiger partial charge is 0.448 e. The summed E-state index contributed by atoms with van der Waals surface area (Å²) in [6.07, 6.45) is 0.696. The Hall–Kier alpha value is -4.23. The molecule has 2 aliphatic heterocycles. The predicted octanol–water partition coefficient (Wildman–Crippen LogP) is 9.29. The topological polar surface area (TPSA) is 61.8 Å². The van der Waals surface area contributed by atoms with E-state index < -0.39 is 31.4 Å². The Morgan fingerprint density at radius 1 is 0.451 bits per heavy atom. The maximum atomic E-state index is 15.0. The monoisotopic (exact) mass is 742 g/mol. The van der Waals surface area contributed by atoms with Crippen molar-refractivity contribution in [3.63, 3.8) is 0 Å². The maximum Gasteiger partial charge on any atom is 0.277 e. The van der Waals surface area contributed by atoms with Crippen LogP contribution in [0.15, 0.2) is 158 Å². The van der Waals surface area contributed by atoms with Crippen molar-refractivity contribution in [2.45, 2.75) is 25.2 Å². The minimum absolute atomic E-state index is 0.348. The number of hydrogen-bond acceptors (Lipinski definition) is 5. The first-order valence-electron chi connectivity index (χ1n) is 17.5. The fourth-order valence-electron chi connectivity index (χ4n) is 7.59. The molecule has 5 nitrogen and oxygen atoms in total. The zero-order valence-corrected chi connectivity index (χ0v) is 32.6. The molecule has 9 heteroatoms. The van der Waals surface area contributed by atoms with E-state index in [1.807, 2.05) is 109 Å². The molecular weight excluding hydrogens is 703 g/mol. The van der Waals surface area contributed by atoms with Gasteiger partial charge in [0, 0.05) is 23.5 Å². The van der Waals surface area contributed by atoms with E-state index in [1.165, 1.54) is 0 Å². The number of hydrogen-bond donors (Lipinski definition) is 0. The zero-order chi connectivity index (χ0) is 35.1. The van der Waals surface area contributed by atoms with Crippen molar-refractivity contribution in [1.29, 1.82) is 0 Å². The number of para-hydroxylation sites is 2. The highest BCUT2D eigenvalue weighted by Gasteiger charge is 2.47. The van der Waals surface area contributed by atoms with E-state index in [-0.39, 0.29) is 0 Å². The van der Waals surface area contributed by atoms with Crippen molar-refractivity contribution in [3.8, 4) is 33.8 Å². The number of benzene rings is 6. The van der Waals surface area contributed by atoms with Crippen LogP contribution in [0.25, 0.3) is 22.3 Å². The lowest BCUT2D eigenvalue weighted by atomic mass is 10.0. The molecule has 0 bridgehead atoms. The van der Waals surface area contributed by atoms with E-state index in [2.05, 4.69) is 61.6 Å². The first-order chi connectivity index (χ1) is 24.7. The Balaban J connectivity index is 1.15. The van der Waals surface area contributed by atoms with Gasteiger partial charge in [0.05, 0.1) is 10.6 Å². The number of rotatable bonds is 10. The molecule has 6 aromatic carbocycles. The third-order valence-corrected chi connectivity index (χ3v) is 25.2. The van der Waals surface area contributed by atoms with Crippen molar-refractivity contribution in [2.75, 3.05) is 12.3 Å². The molecule has 6 aromatic rings. The minimum Gasteiger partial charge on any atom is -0.448 e. The van der Waals surface area contributed by atoms with Crippen molar-refractivity contribution in [1.82, 2.24) is 0 Å². The van der Waals surface area contributed by atoms with E-state index in [9.17, 15) is 0 Å². The molecule has 0 spiro atoms. The van der Waals surface area contributed by atoms with Crippen LogP contribution in [0, 0.1) is 0 Å². The van der Waals surface area contributed by atoms with E-state index in [0.717, 1.165) is 43.2 Å². The van der Waals surface area contributed by atoms with Crippen LogP contribution in [0.5, 0.6) is 11.5 Å². The molecule has 0 saturated heterocycles. The predicted molar refractivity (Wildman–Crippen MR) is 215 cm³/mol. The molecule has 2 heterocycles. The molecule has 4 atom stereocenters. The Kier molecular flexibility index (Phi) is 8.90. The molecule has 0 saturated carbocycles. The molecular formula is C42H40O5P2Si2. The van der Waals surface area contributed by atoms with E-state index in [1.54, 1.807) is 0 Å². The maximum absolute atomic E-state index is 15.0. The molecule has 0 fully saturated rings. The quantitative estimate of drug-likeness (QED) is 0.104. The van der Waals surface area contributed by atoms with Gasteiger partial charge in [0.25, 0.3) is 14.7 Å². The fourth-order valence-corrected chi connectivity index (χ4v) is 25.0. The molecule has 4 unspecified atom stereocenters. The summed E-state index contributed by atoms with van der Waals surface area (Å²) >= 11 is 0. The summed E-state index contributed by atoms with van der Waals surface area (Å²) in [7, 11) is -12.3. The second-order valence-corrected chi connectivity index (χ2v) is 26.6. The first-order valence-corrected chi connectivity index (χ1v) is 26.3. The smallest absolute Gasteiger partial charge is 0.277 e. The van der Waals surface area contributed by atoms with Crippen LogP contribution < -0.4 is 30.0 Å². The third kappa shape index (κ3) is 6.32. The Morgan fingerprint density at radius 3 is 1.20 bits per heavy atom. The highest BCUT2D eigenvalue weighted by atomic mass is 31.2. The van der Waals surface area contributed by atoms with Gasteiger partial charge in [-0.05, 0) is 70.9 Å². The van der Waals surface area contributed by atoms with Crippen LogP contribution in [0.3, 0.4) is 0 Å². The van der Waals surface area contributed by atoms with E-state index in [4.69, 9.17) is 13.2 Å². The van der Waals surface area contributed by atoms with E-state index >= 15 is 9.13 Å². The van der Waals surface area contributed by atoms with Crippen LogP contribution in [0.2, 0.25) is 25.2 Å². The molecule has 2 aliphatic rings. The molecule has 0 aromatic heterocycles. The van der Waals surface area contributed by atoms with Crippen molar-refractivity contribution < 1.29 is 22.3 Å². The van der Waals surface area contributed by atoms with Gasteiger partial charge in [-0.2, -0.15) is 0 Å². The molecule has 0 N–H and O–H groups in total. The van der Waals surface area contributed by atoms with Gasteiger partial charge in [0.15, 0.2) is 0 Å². The van der Waals surface area contributed by atoms with E-state index in [0.29, 0.717) is 35.9 Å². The summed E-state index contributed by atoms with van der Waals surface area (Å²) < 4.78 is 50.7. The first kappa shape index (κ1) is 33.9. The SMILES string of the molecule is C[Si](CCP1(=O)Oc2ccccc2-c2ccccc21)(O[Si](C)(CCP1(=O)Oc2ccccc2-c2ccccc21)c1ccccc1)c1ccccc1. The fraction of sp³-hybridized carbons (Fsp3) is 0.143. The van der Waals surface area contributed by atoms with Gasteiger partial charge in [-0.15, -0.1) is 0 Å². The Labute approximate surface area is 302 Å². The summed E-state index contributed by atoms with van der Waals surface area (Å²) in [5.74, 6) is 1.32. The summed E-state index contributed by atoms with van der Waals surface area (Å²) in [5.41, 5.74) is 3.86. The lowest BCUT2D eigenvalue weighted by molar-refractivity contribution is 0.489. The second kappa shape index (κ2) is 13.4. The van der Waals surface area contributed by atoms with Crippen LogP contribution in [-0.2, 0) is 13.2 Å². The van der Waals surface area contributed by atoms with Gasteiger partial charge < -0.3 is 13.2 Å². The summed E-state index contributed by atoms with van der Waals surface area (Å²) in [6, 6.07) is 53.6. The molecule has 0 radical (unpaired) electrons. The molecule has 0 aliphatic carbocycles. The van der Waals surface area contributed by atoms with Crippen LogP contribution >= 0.6 is 14.7 Å². The van der Waals surface area contributed by atoms with Gasteiger partial charge in [0.1, 0.15) is 11.5 Å². The Morgan fingerprint density at radius 2 is 0.784 bits per heavy atom. The van der Waals surface area contributed by atoms with Crippen molar-refractivity contribution in [3.05, 3.63) is 158 Å². The van der Waals surface area contributed by atoms with Gasteiger partial charge >= 0.3 is 0 Å². The summed E-state index contributed by atoms with van der Waals surface area (Å²) in [4.78, 5) is 0. The van der Waals surface area contributed by atoms with Crippen LogP contribution in [-0.4, -0.2) is 29.0 Å². The van der Waals surface area contributed by atoms with Gasteiger partial charge in [-0.1, -0.05) is 133 Å². The third-order valence-electron chi connectivity index (χ3n) is 10.4. The second-order valence-electron chi connectivity index (χ2n) is 13.8. The standard InChI is InChI=1S/C42H40O5P2Si2/c1-50(33-17-5-3-6-18-33,31-29-48(43)41-27-15-11-23-37(41)35-21-9-13-25-39(35)45-48)47-51(2,34-19-7-4-8-20-34)32-30-49(44)42-28-16-12-24-38(42)36-22-10-14-26-40(36)46-49/h3-28H,29-32H2,1-2H3. The normalized spacial score (nSPS) is 20.9.